The molecule has 0 radical (unpaired) electrons. The fourth-order valence-corrected chi connectivity index (χ4v) is 4.33. The van der Waals surface area contributed by atoms with Gasteiger partial charge in [-0.3, -0.25) is 4.90 Å². The number of hydrogen-bond acceptors (Lipinski definition) is 3. The van der Waals surface area contributed by atoms with E-state index in [1.54, 1.807) is 17.0 Å². The maximum Gasteiger partial charge on any atom is 0.410 e. The van der Waals surface area contributed by atoms with Crippen LogP contribution in [0.3, 0.4) is 0 Å². The average molecular weight is 432 g/mol. The molecule has 2 aromatic carbocycles. The van der Waals surface area contributed by atoms with Gasteiger partial charge in [-0.2, -0.15) is 5.26 Å². The largest absolute Gasteiger partial charge is 0.447 e. The highest BCUT2D eigenvalue weighted by molar-refractivity contribution is 5.86. The third-order valence-electron chi connectivity index (χ3n) is 5.66. The number of aryl methyl sites for hydroxylation is 1. The van der Waals surface area contributed by atoms with Crippen LogP contribution < -0.4 is 0 Å². The van der Waals surface area contributed by atoms with E-state index < -0.39 is 0 Å². The molecule has 1 N–H and O–H groups in total. The molecule has 3 aromatic rings. The van der Waals surface area contributed by atoms with Gasteiger partial charge in [0, 0.05) is 23.1 Å². The Balaban J connectivity index is 0.00000141. The summed E-state index contributed by atoms with van der Waals surface area (Å²) in [6, 6.07) is 16.0. The number of nitrogens with zero attached hydrogens (tertiary/aromatic N) is 2. The molecule has 0 aliphatic carbocycles. The zero-order chi connectivity index (χ0) is 23.3. The molecule has 0 saturated heterocycles. The zero-order valence-electron chi connectivity index (χ0n) is 19.7. The lowest BCUT2D eigenvalue weighted by Crippen LogP contribution is -2.41. The lowest BCUT2D eigenvalue weighted by Gasteiger charge is -2.35. The van der Waals surface area contributed by atoms with E-state index in [4.69, 9.17) is 10.00 Å². The zero-order valence-corrected chi connectivity index (χ0v) is 19.7. The van der Waals surface area contributed by atoms with Gasteiger partial charge in [-0.15, -0.1) is 0 Å². The summed E-state index contributed by atoms with van der Waals surface area (Å²) in [5.41, 5.74) is 6.31. The topological polar surface area (TPSA) is 69.1 Å². The number of aromatic nitrogens is 1. The molecule has 5 heteroatoms. The highest BCUT2D eigenvalue weighted by Gasteiger charge is 2.35. The summed E-state index contributed by atoms with van der Waals surface area (Å²) in [6.07, 6.45) is 2.46. The lowest BCUT2D eigenvalue weighted by atomic mass is 9.92. The number of ether oxygens (including phenoxy) is 1. The van der Waals surface area contributed by atoms with Gasteiger partial charge in [0.2, 0.25) is 0 Å². The van der Waals surface area contributed by atoms with Gasteiger partial charge in [-0.05, 0) is 67.6 Å². The Labute approximate surface area is 191 Å². The van der Waals surface area contributed by atoms with Gasteiger partial charge < -0.3 is 9.72 Å². The van der Waals surface area contributed by atoms with Gasteiger partial charge in [0.05, 0.1) is 17.7 Å². The molecule has 1 aromatic heterocycles. The summed E-state index contributed by atoms with van der Waals surface area (Å²) in [7, 11) is 0. The van der Waals surface area contributed by atoms with Crippen molar-refractivity contribution in [3.8, 4) is 6.07 Å². The SMILES string of the molecule is CC.CCCc1ccc2[nH]c3c(c2c1)CCN(C(=O)OC(C)C)C3c1ccc(C#N)cc1. The van der Waals surface area contributed by atoms with Crippen LogP contribution >= 0.6 is 0 Å². The number of carbonyl (C=O) groups is 1. The normalized spacial score (nSPS) is 15.0. The Hall–Kier alpha value is -3.26. The fourth-order valence-electron chi connectivity index (χ4n) is 4.33. The van der Waals surface area contributed by atoms with E-state index >= 15 is 0 Å². The third-order valence-corrected chi connectivity index (χ3v) is 5.66. The molecule has 1 amide bonds. The van der Waals surface area contributed by atoms with Crippen LogP contribution in [0.2, 0.25) is 0 Å². The van der Waals surface area contributed by atoms with Crippen molar-refractivity contribution >= 4 is 17.0 Å². The summed E-state index contributed by atoms with van der Waals surface area (Å²) in [4.78, 5) is 18.3. The van der Waals surface area contributed by atoms with E-state index in [1.807, 2.05) is 39.8 Å². The van der Waals surface area contributed by atoms with Crippen molar-refractivity contribution in [3.05, 3.63) is 70.4 Å². The summed E-state index contributed by atoms with van der Waals surface area (Å²) >= 11 is 0. The lowest BCUT2D eigenvalue weighted by molar-refractivity contribution is 0.0655. The first-order valence-corrected chi connectivity index (χ1v) is 11.6. The summed E-state index contributed by atoms with van der Waals surface area (Å²) in [5.74, 6) is 0. The van der Waals surface area contributed by atoms with Crippen LogP contribution in [0.5, 0.6) is 0 Å². The number of rotatable bonds is 4. The van der Waals surface area contributed by atoms with Crippen molar-refractivity contribution in [1.82, 2.24) is 9.88 Å². The van der Waals surface area contributed by atoms with Crippen molar-refractivity contribution in [3.63, 3.8) is 0 Å². The Morgan fingerprint density at radius 1 is 1.22 bits per heavy atom. The van der Waals surface area contributed by atoms with Gasteiger partial charge in [0.1, 0.15) is 6.04 Å². The molecule has 1 unspecified atom stereocenters. The van der Waals surface area contributed by atoms with E-state index in [-0.39, 0.29) is 18.2 Å². The number of H-pyrrole nitrogens is 1. The van der Waals surface area contributed by atoms with Crippen molar-refractivity contribution in [1.29, 1.82) is 5.26 Å². The van der Waals surface area contributed by atoms with Crippen molar-refractivity contribution in [2.75, 3.05) is 6.54 Å². The number of nitrogens with one attached hydrogen (secondary N) is 1. The smallest absolute Gasteiger partial charge is 0.410 e. The summed E-state index contributed by atoms with van der Waals surface area (Å²) in [6.45, 7) is 10.5. The predicted molar refractivity (Wildman–Crippen MR) is 129 cm³/mol. The van der Waals surface area contributed by atoms with Gasteiger partial charge in [0.15, 0.2) is 0 Å². The maximum atomic E-state index is 12.9. The number of carbonyl (C=O) groups excluding carboxylic acids is 1. The van der Waals surface area contributed by atoms with Crippen LogP contribution in [0.1, 0.15) is 75.0 Å². The third kappa shape index (κ3) is 4.65. The monoisotopic (exact) mass is 431 g/mol. The molecular formula is C27H33N3O2. The van der Waals surface area contributed by atoms with Crippen molar-refractivity contribution in [2.24, 2.45) is 0 Å². The van der Waals surface area contributed by atoms with Gasteiger partial charge >= 0.3 is 6.09 Å². The van der Waals surface area contributed by atoms with Gasteiger partial charge in [-0.1, -0.05) is 45.4 Å². The minimum absolute atomic E-state index is 0.181. The maximum absolute atomic E-state index is 12.9. The molecule has 32 heavy (non-hydrogen) atoms. The van der Waals surface area contributed by atoms with Gasteiger partial charge in [0.25, 0.3) is 0 Å². The molecule has 0 bridgehead atoms. The second kappa shape index (κ2) is 10.4. The van der Waals surface area contributed by atoms with Crippen LogP contribution in [0.4, 0.5) is 4.79 Å². The highest BCUT2D eigenvalue weighted by atomic mass is 16.6. The van der Waals surface area contributed by atoms with Crippen LogP contribution in [-0.4, -0.2) is 28.6 Å². The Kier molecular flexibility index (Phi) is 7.58. The van der Waals surface area contributed by atoms with Crippen LogP contribution in [0, 0.1) is 11.3 Å². The Morgan fingerprint density at radius 3 is 2.56 bits per heavy atom. The minimum atomic E-state index is -0.310. The molecule has 1 aliphatic rings. The Bertz CT molecular complexity index is 1110. The van der Waals surface area contributed by atoms with E-state index in [0.29, 0.717) is 12.1 Å². The standard InChI is InChI=1S/C25H27N3O2.C2H6/c1-4-5-17-8-11-22-21(14-17)20-12-13-28(25(29)30-16(2)3)24(23(20)27-22)19-9-6-18(15-26)7-10-19;1-2/h6-11,14,16,24,27H,4-5,12-13H2,1-3H3;1-2H3. The molecule has 0 fully saturated rings. The molecule has 0 saturated carbocycles. The fraction of sp³-hybridized carbons (Fsp3) is 0.407. The summed E-state index contributed by atoms with van der Waals surface area (Å²) in [5, 5.41) is 10.4. The second-order valence-electron chi connectivity index (χ2n) is 8.16. The molecule has 2 heterocycles. The highest BCUT2D eigenvalue weighted by Crippen LogP contribution is 2.39. The molecule has 1 aliphatic heterocycles. The van der Waals surface area contributed by atoms with Crippen LogP contribution in [0.25, 0.3) is 10.9 Å². The van der Waals surface area contributed by atoms with E-state index in [2.05, 4.69) is 36.2 Å². The molecule has 1 atom stereocenters. The molecule has 5 nitrogen and oxygen atoms in total. The minimum Gasteiger partial charge on any atom is -0.447 e. The number of benzene rings is 2. The van der Waals surface area contributed by atoms with Crippen molar-refractivity contribution < 1.29 is 9.53 Å². The van der Waals surface area contributed by atoms with E-state index in [9.17, 15) is 4.79 Å². The number of nitriles is 1. The Morgan fingerprint density at radius 2 is 1.94 bits per heavy atom. The molecule has 168 valence electrons. The first-order valence-electron chi connectivity index (χ1n) is 11.6. The van der Waals surface area contributed by atoms with E-state index in [1.165, 1.54) is 16.5 Å². The summed E-state index contributed by atoms with van der Waals surface area (Å²) < 4.78 is 5.55. The number of aromatic amines is 1. The molecule has 0 spiro atoms. The number of amides is 1. The van der Waals surface area contributed by atoms with Gasteiger partial charge in [-0.25, -0.2) is 4.79 Å². The first kappa shape index (κ1) is 23.4. The molecular weight excluding hydrogens is 398 g/mol. The average Bonchev–Trinajstić information content (AvgIpc) is 3.17. The molecule has 4 rings (SSSR count). The second-order valence-corrected chi connectivity index (χ2v) is 8.16. The van der Waals surface area contributed by atoms with Crippen LogP contribution in [0.15, 0.2) is 42.5 Å². The number of hydrogen-bond donors (Lipinski definition) is 1. The number of fused-ring (bicyclic) bond motifs is 3. The predicted octanol–water partition coefficient (Wildman–Crippen LogP) is 6.51. The quantitative estimate of drug-likeness (QED) is 0.512. The van der Waals surface area contributed by atoms with E-state index in [0.717, 1.165) is 36.0 Å². The van der Waals surface area contributed by atoms with Crippen LogP contribution in [-0.2, 0) is 17.6 Å². The van der Waals surface area contributed by atoms with Crippen molar-refractivity contribution in [2.45, 2.75) is 66.0 Å². The first-order chi connectivity index (χ1) is 15.5.